The largest absolute Gasteiger partial charge is 0.396 e. The normalized spacial score (nSPS) is 13.7. The molecule has 0 aromatic carbocycles. The monoisotopic (exact) mass is 160 g/mol. The Morgan fingerprint density at radius 1 is 1.50 bits per heavy atom. The van der Waals surface area contributed by atoms with Crippen molar-refractivity contribution in [1.29, 1.82) is 0 Å². The predicted molar refractivity (Wildman–Crippen MR) is 48.3 cm³/mol. The molecule has 0 unspecified atom stereocenters. The summed E-state index contributed by atoms with van der Waals surface area (Å²) in [5.74, 6) is 0.852. The molecule has 0 rings (SSSR count). The van der Waals surface area contributed by atoms with E-state index in [4.69, 9.17) is 17.3 Å². The van der Waals surface area contributed by atoms with Crippen molar-refractivity contribution in [3.63, 3.8) is 0 Å². The Balaban J connectivity index is 3.72. The lowest BCUT2D eigenvalue weighted by Gasteiger charge is -2.14. The quantitative estimate of drug-likeness (QED) is 0.635. The third-order valence-corrected chi connectivity index (χ3v) is 1.88. The number of rotatable bonds is 4. The van der Waals surface area contributed by atoms with Crippen molar-refractivity contribution in [2.75, 3.05) is 6.61 Å². The minimum atomic E-state index is 0.202. The summed E-state index contributed by atoms with van der Waals surface area (Å²) in [5, 5.41) is 8.86. The smallest absolute Gasteiger partial charge is 0.0504 e. The van der Waals surface area contributed by atoms with Crippen molar-refractivity contribution >= 4 is 17.1 Å². The van der Waals surface area contributed by atoms with Crippen LogP contribution in [0.4, 0.5) is 0 Å². The minimum Gasteiger partial charge on any atom is -0.396 e. The van der Waals surface area contributed by atoms with E-state index in [2.05, 4.69) is 13.8 Å². The minimum absolute atomic E-state index is 0.202. The van der Waals surface area contributed by atoms with Gasteiger partial charge in [0.25, 0.3) is 0 Å². The van der Waals surface area contributed by atoms with Gasteiger partial charge in [0.2, 0.25) is 0 Å². The second-order valence-electron chi connectivity index (χ2n) is 3.12. The van der Waals surface area contributed by atoms with Crippen LogP contribution in [0.15, 0.2) is 0 Å². The van der Waals surface area contributed by atoms with Gasteiger partial charge in [-0.1, -0.05) is 26.1 Å². The standard InChI is InChI=1S/C8H16OS/c1-6(2)4-8(5-9)7(3)10/h6,8-9H,4-5H2,1-3H3/t8-/m0/s1. The predicted octanol–water partition coefficient (Wildman–Crippen LogP) is 2.03. The topological polar surface area (TPSA) is 20.2 Å². The van der Waals surface area contributed by atoms with Gasteiger partial charge in [-0.15, -0.1) is 0 Å². The molecular formula is C8H16OS. The molecule has 0 bridgehead atoms. The maximum Gasteiger partial charge on any atom is 0.0504 e. The van der Waals surface area contributed by atoms with Crippen LogP contribution in [0.2, 0.25) is 0 Å². The molecule has 0 aliphatic heterocycles. The van der Waals surface area contributed by atoms with E-state index in [1.165, 1.54) is 0 Å². The van der Waals surface area contributed by atoms with Crippen molar-refractivity contribution in [2.45, 2.75) is 27.2 Å². The summed E-state index contributed by atoms with van der Waals surface area (Å²) in [4.78, 5) is 0.927. The third kappa shape index (κ3) is 3.96. The first kappa shape index (κ1) is 10.0. The molecule has 0 amide bonds. The van der Waals surface area contributed by atoms with Crippen LogP contribution in [0.1, 0.15) is 27.2 Å². The van der Waals surface area contributed by atoms with E-state index in [0.29, 0.717) is 5.92 Å². The van der Waals surface area contributed by atoms with Crippen LogP contribution < -0.4 is 0 Å². The number of thiocarbonyl (C=S) groups is 1. The highest BCUT2D eigenvalue weighted by molar-refractivity contribution is 7.80. The molecular weight excluding hydrogens is 144 g/mol. The van der Waals surface area contributed by atoms with Gasteiger partial charge in [0.05, 0.1) is 6.61 Å². The van der Waals surface area contributed by atoms with Gasteiger partial charge in [-0.3, -0.25) is 0 Å². The highest BCUT2D eigenvalue weighted by atomic mass is 32.1. The molecule has 1 N–H and O–H groups in total. The zero-order valence-corrected chi connectivity index (χ0v) is 7.74. The van der Waals surface area contributed by atoms with Crippen molar-refractivity contribution in [3.8, 4) is 0 Å². The van der Waals surface area contributed by atoms with Crippen molar-refractivity contribution < 1.29 is 5.11 Å². The second kappa shape index (κ2) is 4.80. The molecule has 0 fully saturated rings. The van der Waals surface area contributed by atoms with E-state index in [-0.39, 0.29) is 12.5 Å². The van der Waals surface area contributed by atoms with E-state index in [9.17, 15) is 0 Å². The van der Waals surface area contributed by atoms with Crippen LogP contribution in [-0.4, -0.2) is 16.6 Å². The van der Waals surface area contributed by atoms with Gasteiger partial charge < -0.3 is 5.11 Å². The van der Waals surface area contributed by atoms with Crippen molar-refractivity contribution in [3.05, 3.63) is 0 Å². The maximum absolute atomic E-state index is 8.86. The highest BCUT2D eigenvalue weighted by Gasteiger charge is 2.10. The summed E-state index contributed by atoms with van der Waals surface area (Å²) in [6.45, 7) is 6.38. The Morgan fingerprint density at radius 3 is 2.10 bits per heavy atom. The lowest BCUT2D eigenvalue weighted by Crippen LogP contribution is -2.15. The molecule has 0 radical (unpaired) electrons. The summed E-state index contributed by atoms with van der Waals surface area (Å²) >= 11 is 4.97. The number of aliphatic hydroxyl groups excluding tert-OH is 1. The lowest BCUT2D eigenvalue weighted by molar-refractivity contribution is 0.246. The van der Waals surface area contributed by atoms with Crippen LogP contribution >= 0.6 is 12.2 Å². The molecule has 0 heterocycles. The third-order valence-electron chi connectivity index (χ3n) is 1.55. The first-order chi connectivity index (χ1) is 4.57. The lowest BCUT2D eigenvalue weighted by atomic mass is 9.96. The Bertz CT molecular complexity index is 110. The Hall–Kier alpha value is 0.0500. The van der Waals surface area contributed by atoms with Gasteiger partial charge in [0.1, 0.15) is 0 Å². The van der Waals surface area contributed by atoms with Crippen LogP contribution in [0.5, 0.6) is 0 Å². The van der Waals surface area contributed by atoms with E-state index >= 15 is 0 Å². The van der Waals surface area contributed by atoms with Gasteiger partial charge >= 0.3 is 0 Å². The highest BCUT2D eigenvalue weighted by Crippen LogP contribution is 2.12. The Morgan fingerprint density at radius 2 is 2.00 bits per heavy atom. The number of hydrogen-bond donors (Lipinski definition) is 1. The van der Waals surface area contributed by atoms with Crippen molar-refractivity contribution in [2.24, 2.45) is 11.8 Å². The molecule has 0 aliphatic carbocycles. The van der Waals surface area contributed by atoms with Crippen LogP contribution in [0.25, 0.3) is 0 Å². The summed E-state index contributed by atoms with van der Waals surface area (Å²) in [6, 6.07) is 0. The Labute approximate surface area is 68.4 Å². The van der Waals surface area contributed by atoms with E-state index in [1.807, 2.05) is 6.92 Å². The molecule has 0 aromatic heterocycles. The molecule has 1 nitrogen and oxygen atoms in total. The summed E-state index contributed by atoms with van der Waals surface area (Å²) in [6.07, 6.45) is 1.01. The second-order valence-corrected chi connectivity index (χ2v) is 3.76. The zero-order valence-electron chi connectivity index (χ0n) is 6.92. The molecule has 0 spiro atoms. The number of aliphatic hydroxyl groups is 1. The van der Waals surface area contributed by atoms with Crippen LogP contribution in [0, 0.1) is 11.8 Å². The fourth-order valence-electron chi connectivity index (χ4n) is 0.938. The van der Waals surface area contributed by atoms with Gasteiger partial charge in [0.15, 0.2) is 0 Å². The zero-order chi connectivity index (χ0) is 8.15. The van der Waals surface area contributed by atoms with Crippen LogP contribution in [-0.2, 0) is 0 Å². The first-order valence-corrected chi connectivity index (χ1v) is 4.10. The average molecular weight is 160 g/mol. The molecule has 2 heteroatoms. The van der Waals surface area contributed by atoms with Crippen molar-refractivity contribution in [1.82, 2.24) is 0 Å². The molecule has 0 aromatic rings. The number of hydrogen-bond acceptors (Lipinski definition) is 2. The molecule has 0 saturated carbocycles. The summed E-state index contributed by atoms with van der Waals surface area (Å²) in [5.41, 5.74) is 0. The van der Waals surface area contributed by atoms with E-state index < -0.39 is 0 Å². The SMILES string of the molecule is CC(=S)[C@H](CO)CC(C)C. The van der Waals surface area contributed by atoms with Gasteiger partial charge in [-0.25, -0.2) is 0 Å². The first-order valence-electron chi connectivity index (χ1n) is 3.69. The average Bonchev–Trinajstić information content (AvgIpc) is 1.81. The molecule has 0 aliphatic rings. The van der Waals surface area contributed by atoms with Crippen LogP contribution in [0.3, 0.4) is 0 Å². The molecule has 60 valence electrons. The van der Waals surface area contributed by atoms with Gasteiger partial charge in [-0.05, 0) is 24.1 Å². The summed E-state index contributed by atoms with van der Waals surface area (Å²) in [7, 11) is 0. The molecule has 10 heavy (non-hydrogen) atoms. The Kier molecular flexibility index (Phi) is 4.83. The maximum atomic E-state index is 8.86. The van der Waals surface area contributed by atoms with Gasteiger partial charge in [-0.2, -0.15) is 0 Å². The van der Waals surface area contributed by atoms with Gasteiger partial charge in [0, 0.05) is 5.92 Å². The summed E-state index contributed by atoms with van der Waals surface area (Å²) < 4.78 is 0. The fourth-order valence-corrected chi connectivity index (χ4v) is 1.11. The molecule has 0 saturated heterocycles. The van der Waals surface area contributed by atoms with E-state index in [0.717, 1.165) is 11.3 Å². The van der Waals surface area contributed by atoms with E-state index in [1.54, 1.807) is 0 Å². The molecule has 1 atom stereocenters. The fraction of sp³-hybridized carbons (Fsp3) is 0.875.